The number of ether oxygens (including phenoxy) is 2. The molecular formula is C30H52O5Si2. The molecular weight excluding hydrogens is 496 g/mol. The normalized spacial score (nSPS) is 24.6. The van der Waals surface area contributed by atoms with E-state index in [4.69, 9.17) is 22.8 Å². The molecule has 0 radical (unpaired) electrons. The Hall–Kier alpha value is -1.13. The molecule has 1 aromatic carbocycles. The number of fused-ring (bicyclic) bond motifs is 1. The molecule has 0 N–H and O–H groups in total. The molecule has 3 atom stereocenters. The third kappa shape index (κ3) is 5.49. The van der Waals surface area contributed by atoms with Crippen LogP contribution in [-0.4, -0.2) is 48.9 Å². The van der Waals surface area contributed by atoms with Crippen LogP contribution in [0.3, 0.4) is 0 Å². The molecule has 3 rings (SSSR count). The van der Waals surface area contributed by atoms with E-state index < -0.39 is 16.9 Å². The van der Waals surface area contributed by atoms with E-state index in [0.29, 0.717) is 23.2 Å². The second-order valence-electron chi connectivity index (χ2n) is 13.8. The minimum absolute atomic E-state index is 0.108. The predicted molar refractivity (Wildman–Crippen MR) is 158 cm³/mol. The molecule has 0 amide bonds. The molecule has 0 unspecified atom stereocenters. The lowest BCUT2D eigenvalue weighted by atomic mass is 10.0. The fraction of sp³-hybridized carbons (Fsp3) is 0.733. The molecule has 1 aromatic rings. The van der Waals surface area contributed by atoms with Crippen LogP contribution in [0.2, 0.25) is 26.7 Å². The number of methoxy groups -OCH3 is 1. The molecule has 210 valence electrons. The van der Waals surface area contributed by atoms with Crippen LogP contribution in [0.4, 0.5) is 0 Å². The van der Waals surface area contributed by atoms with Gasteiger partial charge in [-0.25, -0.2) is 0 Å². The summed E-state index contributed by atoms with van der Waals surface area (Å²) in [6.45, 7) is 28.1. The Bertz CT molecular complexity index is 904. The largest absolute Gasteiger partial charge is 0.497 e. The molecule has 2 aliphatic rings. The van der Waals surface area contributed by atoms with Gasteiger partial charge in [0.25, 0.3) is 0 Å². The van der Waals surface area contributed by atoms with E-state index in [-0.39, 0.29) is 28.4 Å². The minimum atomic E-state index is -2.70. The highest BCUT2D eigenvalue weighted by molar-refractivity contribution is 6.77. The Morgan fingerprint density at radius 2 is 1.38 bits per heavy atom. The van der Waals surface area contributed by atoms with Crippen LogP contribution >= 0.6 is 0 Å². The van der Waals surface area contributed by atoms with E-state index in [1.54, 1.807) is 7.11 Å². The summed E-state index contributed by atoms with van der Waals surface area (Å²) >= 11 is 0. The highest BCUT2D eigenvalue weighted by Gasteiger charge is 2.64. The first-order chi connectivity index (χ1) is 17.0. The standard InChI is InChI=1S/C30H52O5Si2/c1-20(2)36(21(3)4,22(5)6)34-26-18-25(23-14-16-24(31-13)17-15-23)33-27-19-32-37(29(7,8)9,30(10,11)12)35-28(26)27/h14-18,20-22,26-28H,19H2,1-13H3/t26-,27-,28+/m1/s1. The summed E-state index contributed by atoms with van der Waals surface area (Å²) in [5, 5.41) is -0.215. The molecule has 0 spiro atoms. The van der Waals surface area contributed by atoms with Gasteiger partial charge in [0.05, 0.1) is 19.8 Å². The second kappa shape index (κ2) is 10.8. The van der Waals surface area contributed by atoms with E-state index in [1.165, 1.54) is 0 Å². The van der Waals surface area contributed by atoms with E-state index >= 15 is 0 Å². The number of rotatable bonds is 7. The van der Waals surface area contributed by atoms with Crippen LogP contribution in [-0.2, 0) is 18.0 Å². The number of benzene rings is 1. The van der Waals surface area contributed by atoms with Gasteiger partial charge in [0.1, 0.15) is 23.7 Å². The van der Waals surface area contributed by atoms with Crippen molar-refractivity contribution in [1.29, 1.82) is 0 Å². The van der Waals surface area contributed by atoms with Gasteiger partial charge in [-0.1, -0.05) is 83.1 Å². The summed E-state index contributed by atoms with van der Waals surface area (Å²) in [5.74, 6) is 1.66. The third-order valence-corrected chi connectivity index (χ3v) is 19.7. The summed E-state index contributed by atoms with van der Waals surface area (Å²) < 4.78 is 33.5. The predicted octanol–water partition coefficient (Wildman–Crippen LogP) is 8.45. The Morgan fingerprint density at radius 3 is 1.81 bits per heavy atom. The highest BCUT2D eigenvalue weighted by atomic mass is 28.4. The van der Waals surface area contributed by atoms with Crippen molar-refractivity contribution in [2.75, 3.05) is 13.7 Å². The number of hydrogen-bond acceptors (Lipinski definition) is 5. The maximum absolute atomic E-state index is 7.45. The highest BCUT2D eigenvalue weighted by Crippen LogP contribution is 2.56. The van der Waals surface area contributed by atoms with Crippen molar-refractivity contribution in [1.82, 2.24) is 0 Å². The lowest BCUT2D eigenvalue weighted by molar-refractivity contribution is -0.113. The molecule has 1 saturated heterocycles. The fourth-order valence-corrected chi connectivity index (χ4v) is 17.4. The maximum atomic E-state index is 7.45. The van der Waals surface area contributed by atoms with Gasteiger partial charge in [-0.2, -0.15) is 0 Å². The number of hydrogen-bond donors (Lipinski definition) is 0. The van der Waals surface area contributed by atoms with Crippen molar-refractivity contribution in [3.63, 3.8) is 0 Å². The maximum Gasteiger partial charge on any atom is 0.349 e. The van der Waals surface area contributed by atoms with Gasteiger partial charge in [-0.3, -0.25) is 0 Å². The molecule has 5 nitrogen and oxygen atoms in total. The zero-order chi connectivity index (χ0) is 28.0. The quantitative estimate of drug-likeness (QED) is 0.320. The monoisotopic (exact) mass is 548 g/mol. The van der Waals surface area contributed by atoms with Gasteiger partial charge < -0.3 is 22.8 Å². The third-order valence-electron chi connectivity index (χ3n) is 8.43. The molecule has 37 heavy (non-hydrogen) atoms. The topological polar surface area (TPSA) is 46.2 Å². The van der Waals surface area contributed by atoms with Crippen LogP contribution in [0.25, 0.3) is 5.76 Å². The van der Waals surface area contributed by atoms with Gasteiger partial charge in [0, 0.05) is 15.6 Å². The first kappa shape index (κ1) is 30.4. The second-order valence-corrected chi connectivity index (χ2v) is 24.0. The SMILES string of the molecule is COc1ccc(C2=C[C@@H](O[Si](C(C)C)(C(C)C)C(C)C)[C@@H]3O[Si](C(C)(C)C)(C(C)(C)C)OC[C@H]3O2)cc1. The molecule has 2 aliphatic heterocycles. The van der Waals surface area contributed by atoms with Gasteiger partial charge in [-0.15, -0.1) is 0 Å². The Balaban J connectivity index is 2.14. The van der Waals surface area contributed by atoms with Gasteiger partial charge in [0.2, 0.25) is 8.32 Å². The van der Waals surface area contributed by atoms with Crippen LogP contribution < -0.4 is 4.74 Å². The van der Waals surface area contributed by atoms with Crippen LogP contribution in [0, 0.1) is 0 Å². The molecule has 1 fully saturated rings. The Kier molecular flexibility index (Phi) is 8.88. The average Bonchev–Trinajstić information content (AvgIpc) is 2.79. The molecule has 7 heteroatoms. The van der Waals surface area contributed by atoms with Gasteiger partial charge >= 0.3 is 8.56 Å². The van der Waals surface area contributed by atoms with Crippen molar-refractivity contribution in [3.8, 4) is 5.75 Å². The van der Waals surface area contributed by atoms with Crippen LogP contribution in [0.1, 0.15) is 88.6 Å². The van der Waals surface area contributed by atoms with Crippen molar-refractivity contribution in [2.24, 2.45) is 0 Å². The van der Waals surface area contributed by atoms with Crippen molar-refractivity contribution < 1.29 is 22.8 Å². The zero-order valence-corrected chi connectivity index (χ0v) is 27.6. The van der Waals surface area contributed by atoms with Crippen LogP contribution in [0.5, 0.6) is 5.75 Å². The van der Waals surface area contributed by atoms with E-state index in [1.807, 2.05) is 24.3 Å². The molecule has 2 heterocycles. The van der Waals surface area contributed by atoms with Crippen molar-refractivity contribution in [3.05, 3.63) is 35.9 Å². The lowest BCUT2D eigenvalue weighted by Crippen LogP contribution is -2.68. The lowest BCUT2D eigenvalue weighted by Gasteiger charge is -2.57. The first-order valence-electron chi connectivity index (χ1n) is 14.0. The smallest absolute Gasteiger partial charge is 0.349 e. The van der Waals surface area contributed by atoms with Gasteiger partial charge in [-0.05, 0) is 47.0 Å². The summed E-state index contributed by atoms with van der Waals surface area (Å²) in [6, 6.07) is 8.05. The van der Waals surface area contributed by atoms with Gasteiger partial charge in [0.15, 0.2) is 0 Å². The fourth-order valence-electron chi connectivity index (χ4n) is 7.00. The average molecular weight is 549 g/mol. The summed E-state index contributed by atoms with van der Waals surface area (Å²) in [4.78, 5) is 0. The summed E-state index contributed by atoms with van der Waals surface area (Å²) in [6.07, 6.45) is 1.56. The minimum Gasteiger partial charge on any atom is -0.497 e. The summed E-state index contributed by atoms with van der Waals surface area (Å²) in [5.41, 5.74) is 2.43. The molecule has 0 aromatic heterocycles. The zero-order valence-electron chi connectivity index (χ0n) is 25.6. The van der Waals surface area contributed by atoms with Crippen molar-refractivity contribution in [2.45, 2.75) is 128 Å². The van der Waals surface area contributed by atoms with Crippen molar-refractivity contribution >= 4 is 22.6 Å². The van der Waals surface area contributed by atoms with E-state index in [2.05, 4.69) is 89.2 Å². The van der Waals surface area contributed by atoms with E-state index in [9.17, 15) is 0 Å². The molecule has 0 bridgehead atoms. The molecule has 0 saturated carbocycles. The van der Waals surface area contributed by atoms with Crippen LogP contribution in [0.15, 0.2) is 30.3 Å². The molecule has 0 aliphatic carbocycles. The first-order valence-corrected chi connectivity index (χ1v) is 18.0. The Labute approximate surface area is 228 Å². The van der Waals surface area contributed by atoms with E-state index in [0.717, 1.165) is 17.1 Å². The Morgan fingerprint density at radius 1 is 0.865 bits per heavy atom. The summed E-state index contributed by atoms with van der Waals surface area (Å²) in [7, 11) is -3.21.